The van der Waals surface area contributed by atoms with Crippen LogP contribution in [0.2, 0.25) is 0 Å². The van der Waals surface area contributed by atoms with E-state index < -0.39 is 16.8 Å². The third kappa shape index (κ3) is 4.11. The number of pyridine rings is 2. The molecule has 0 saturated heterocycles. The van der Waals surface area contributed by atoms with Crippen LogP contribution < -0.4 is 9.46 Å². The molecule has 2 rings (SSSR count). The molecule has 9 heteroatoms. The Labute approximate surface area is 119 Å². The molecule has 0 N–H and O–H groups in total. The van der Waals surface area contributed by atoms with Crippen molar-refractivity contribution in [3.05, 3.63) is 59.2 Å². The number of aromatic nitrogens is 2. The van der Waals surface area contributed by atoms with Crippen LogP contribution in [-0.2, 0) is 0 Å². The second kappa shape index (κ2) is 6.14. The molecule has 0 aromatic carbocycles. The Morgan fingerprint density at radius 2 is 1.26 bits per heavy atom. The van der Waals surface area contributed by atoms with E-state index in [2.05, 4.69) is 0 Å². The molecule has 2 aromatic heterocycles. The average molecular weight is 409 g/mol. The number of nitrogens with zero attached hydrogens (tertiary/aromatic N) is 2. The molecule has 0 fully saturated rings. The predicted molar refractivity (Wildman–Crippen MR) is 70.5 cm³/mol. The molecule has 4 nitrogen and oxygen atoms in total. The van der Waals surface area contributed by atoms with E-state index in [1.54, 1.807) is 0 Å². The van der Waals surface area contributed by atoms with Gasteiger partial charge in [0.15, 0.2) is 0 Å². The minimum atomic E-state index is -5.64. The molecule has 0 saturated carbocycles. The molecule has 0 aliphatic heterocycles. The van der Waals surface area contributed by atoms with Crippen molar-refractivity contribution in [2.75, 3.05) is 0 Å². The molecule has 2 aromatic rings. The van der Waals surface area contributed by atoms with E-state index in [-0.39, 0.29) is 10.1 Å². The molecule has 2 heterocycles. The van der Waals surface area contributed by atoms with Crippen molar-refractivity contribution < 1.29 is 15.2 Å². The molecular weight excluding hydrogens is 401 g/mol. The van der Waals surface area contributed by atoms with E-state index in [0.717, 1.165) is 0 Å². The van der Waals surface area contributed by atoms with Crippen molar-refractivity contribution in [1.29, 1.82) is 0 Å². The molecule has 0 aliphatic carbocycles. The molecular formula is C10H8F2N2O2S2Sn. The van der Waals surface area contributed by atoms with E-state index in [9.17, 15) is 16.1 Å². The van der Waals surface area contributed by atoms with Gasteiger partial charge in [0.1, 0.15) is 0 Å². The molecule has 0 bridgehead atoms. The second-order valence-corrected chi connectivity index (χ2v) is 19.4. The Morgan fingerprint density at radius 1 is 0.842 bits per heavy atom. The van der Waals surface area contributed by atoms with Gasteiger partial charge in [-0.1, -0.05) is 0 Å². The molecule has 0 atom stereocenters. The summed E-state index contributed by atoms with van der Waals surface area (Å²) in [5.41, 5.74) is 0. The van der Waals surface area contributed by atoms with E-state index in [1.807, 2.05) is 0 Å². The number of hydrogen-bond acceptors (Lipinski definition) is 4. The fraction of sp³-hybridized carbons (Fsp3) is 0. The summed E-state index contributed by atoms with van der Waals surface area (Å²) in [6, 6.07) is 8.69. The Hall–Kier alpha value is -0.741. The van der Waals surface area contributed by atoms with E-state index in [1.165, 1.54) is 48.8 Å². The summed E-state index contributed by atoms with van der Waals surface area (Å²) < 4.78 is 28.8. The predicted octanol–water partition coefficient (Wildman–Crippen LogP) is 2.21. The van der Waals surface area contributed by atoms with E-state index in [0.29, 0.717) is 27.4 Å². The summed E-state index contributed by atoms with van der Waals surface area (Å²) in [5, 5.41) is 22.6. The van der Waals surface area contributed by atoms with Crippen LogP contribution in [0.1, 0.15) is 0 Å². The van der Waals surface area contributed by atoms with Crippen molar-refractivity contribution in [2.24, 2.45) is 0 Å². The molecule has 0 amide bonds. The molecule has 0 aliphatic rings. The summed E-state index contributed by atoms with van der Waals surface area (Å²) in [6.45, 7) is 0. The van der Waals surface area contributed by atoms with Crippen LogP contribution in [0.3, 0.4) is 0 Å². The zero-order chi connectivity index (χ0) is 13.9. The zero-order valence-corrected chi connectivity index (χ0v) is 13.9. The van der Waals surface area contributed by atoms with Gasteiger partial charge in [-0.25, -0.2) is 0 Å². The van der Waals surface area contributed by atoms with Crippen LogP contribution in [-0.4, -0.2) is 16.8 Å². The van der Waals surface area contributed by atoms with Crippen LogP contribution in [0, 0.1) is 10.4 Å². The van der Waals surface area contributed by atoms with Gasteiger partial charge in [-0.3, -0.25) is 0 Å². The first kappa shape index (κ1) is 14.7. The summed E-state index contributed by atoms with van der Waals surface area (Å²) in [7, 11) is 0.628. The minimum absolute atomic E-state index is 0.0378. The first-order chi connectivity index (χ1) is 8.98. The molecule has 0 radical (unpaired) electrons. The van der Waals surface area contributed by atoms with Crippen molar-refractivity contribution in [3.63, 3.8) is 0 Å². The Balaban J connectivity index is 2.15. The fourth-order valence-corrected chi connectivity index (χ4v) is 13.9. The van der Waals surface area contributed by atoms with E-state index >= 15 is 0 Å². The number of halogens is 2. The molecule has 100 valence electrons. The normalized spacial score (nSPS) is 11.5. The second-order valence-electron chi connectivity index (χ2n) is 3.40. The van der Waals surface area contributed by atoms with Crippen LogP contribution in [0.4, 0.5) is 5.73 Å². The van der Waals surface area contributed by atoms with Crippen LogP contribution in [0.5, 0.6) is 0 Å². The first-order valence-corrected chi connectivity index (χ1v) is 15.9. The van der Waals surface area contributed by atoms with Crippen LogP contribution >= 0.6 is 17.9 Å². The summed E-state index contributed by atoms with van der Waals surface area (Å²) in [4.78, 5) is 0. The van der Waals surface area contributed by atoms with Crippen LogP contribution in [0.15, 0.2) is 58.8 Å². The molecule has 0 spiro atoms. The van der Waals surface area contributed by atoms with Gasteiger partial charge in [0.25, 0.3) is 0 Å². The first-order valence-electron chi connectivity index (χ1n) is 5.10. The molecule has 0 unspecified atom stereocenters. The quantitative estimate of drug-likeness (QED) is 0.442. The third-order valence-corrected chi connectivity index (χ3v) is 14.6. The van der Waals surface area contributed by atoms with Gasteiger partial charge in [-0.2, -0.15) is 0 Å². The number of hydrogen-bond donors (Lipinski definition) is 0. The zero-order valence-electron chi connectivity index (χ0n) is 9.40. The van der Waals surface area contributed by atoms with Crippen molar-refractivity contribution in [3.8, 4) is 0 Å². The van der Waals surface area contributed by atoms with Crippen LogP contribution in [0.25, 0.3) is 0 Å². The van der Waals surface area contributed by atoms with Gasteiger partial charge >= 0.3 is 119 Å². The van der Waals surface area contributed by atoms with Crippen molar-refractivity contribution in [1.82, 2.24) is 0 Å². The monoisotopic (exact) mass is 410 g/mol. The summed E-state index contributed by atoms with van der Waals surface area (Å²) in [5.74, 6) is 0. The van der Waals surface area contributed by atoms with Gasteiger partial charge in [0.05, 0.1) is 0 Å². The third-order valence-electron chi connectivity index (χ3n) is 2.02. The maximum atomic E-state index is 14.0. The van der Waals surface area contributed by atoms with Crippen molar-refractivity contribution >= 4 is 34.6 Å². The van der Waals surface area contributed by atoms with Crippen molar-refractivity contribution in [2.45, 2.75) is 10.1 Å². The van der Waals surface area contributed by atoms with Gasteiger partial charge in [0, 0.05) is 0 Å². The Kier molecular flexibility index (Phi) is 4.74. The van der Waals surface area contributed by atoms with Gasteiger partial charge in [-0.15, -0.1) is 0 Å². The fourth-order valence-electron chi connectivity index (χ4n) is 1.25. The maximum absolute atomic E-state index is 14.0. The molecule has 19 heavy (non-hydrogen) atoms. The van der Waals surface area contributed by atoms with E-state index in [4.69, 9.17) is 0 Å². The summed E-state index contributed by atoms with van der Waals surface area (Å²) in [6.07, 6.45) is 2.34. The average Bonchev–Trinajstić information content (AvgIpc) is 2.35. The summed E-state index contributed by atoms with van der Waals surface area (Å²) >= 11 is -5.64. The topological polar surface area (TPSA) is 53.9 Å². The number of rotatable bonds is 4. The standard InChI is InChI=1S/2C5H5NOS.2FH.Sn/c2*7-6-4-2-1-3-5(6)8;;;/h2*1-4,8H;2*1H;/q;;;;+4/p-4. The Morgan fingerprint density at radius 3 is 1.63 bits per heavy atom. The van der Waals surface area contributed by atoms with Gasteiger partial charge in [-0.05, 0) is 0 Å². The van der Waals surface area contributed by atoms with Gasteiger partial charge in [0.2, 0.25) is 0 Å². The SMILES string of the molecule is [O-][n+]1ccccc1[S][Sn]([F])([F])[S]c1cccc[n+]1[O-]. The Bertz CT molecular complexity index is 539. The van der Waals surface area contributed by atoms with Gasteiger partial charge < -0.3 is 0 Å².